The number of ether oxygens (including phenoxy) is 2. The van der Waals surface area contributed by atoms with Crippen molar-refractivity contribution in [3.63, 3.8) is 0 Å². The fraction of sp³-hybridized carbons (Fsp3) is 0.333. The predicted molar refractivity (Wildman–Crippen MR) is 117 cm³/mol. The van der Waals surface area contributed by atoms with E-state index in [0.29, 0.717) is 38.7 Å². The first-order valence-corrected chi connectivity index (χ1v) is 11.1. The predicted octanol–water partition coefficient (Wildman–Crippen LogP) is 3.02. The van der Waals surface area contributed by atoms with Crippen LogP contribution in [-0.4, -0.2) is 70.6 Å². The summed E-state index contributed by atoms with van der Waals surface area (Å²) in [6.45, 7) is 4.51. The van der Waals surface area contributed by atoms with Crippen molar-refractivity contribution < 1.29 is 14.3 Å². The second-order valence-corrected chi connectivity index (χ2v) is 8.71. The van der Waals surface area contributed by atoms with E-state index in [-0.39, 0.29) is 6.09 Å². The zero-order valence-corrected chi connectivity index (χ0v) is 17.5. The van der Waals surface area contributed by atoms with Crippen LogP contribution in [0.4, 0.5) is 10.6 Å². The third kappa shape index (κ3) is 3.28. The van der Waals surface area contributed by atoms with Crippen molar-refractivity contribution in [2.24, 2.45) is 0 Å². The monoisotopic (exact) mass is 436 g/mol. The number of amides is 1. The summed E-state index contributed by atoms with van der Waals surface area (Å²) in [6, 6.07) is 8.06. The first kappa shape index (κ1) is 18.5. The lowest BCUT2D eigenvalue weighted by molar-refractivity contribution is 0.122. The lowest BCUT2D eigenvalue weighted by Gasteiger charge is -2.28. The average Bonchev–Trinajstić information content (AvgIpc) is 3.53. The Morgan fingerprint density at radius 2 is 2.03 bits per heavy atom. The summed E-state index contributed by atoms with van der Waals surface area (Å²) >= 11 is 1.64. The zero-order valence-electron chi connectivity index (χ0n) is 16.7. The molecule has 2 saturated heterocycles. The lowest BCUT2D eigenvalue weighted by atomic mass is 10.1. The van der Waals surface area contributed by atoms with Gasteiger partial charge in [-0.2, -0.15) is 5.10 Å². The molecule has 0 spiro atoms. The van der Waals surface area contributed by atoms with E-state index in [0.717, 1.165) is 50.5 Å². The molecule has 0 atom stereocenters. The molecule has 1 N–H and O–H groups in total. The smallest absolute Gasteiger partial charge is 0.410 e. The molecule has 31 heavy (non-hydrogen) atoms. The van der Waals surface area contributed by atoms with E-state index in [4.69, 9.17) is 19.4 Å². The van der Waals surface area contributed by atoms with Crippen LogP contribution in [-0.2, 0) is 16.0 Å². The van der Waals surface area contributed by atoms with Crippen LogP contribution >= 0.6 is 11.3 Å². The summed E-state index contributed by atoms with van der Waals surface area (Å²) in [4.78, 5) is 26.9. The van der Waals surface area contributed by atoms with Gasteiger partial charge in [0.2, 0.25) is 0 Å². The van der Waals surface area contributed by atoms with Crippen LogP contribution in [0.3, 0.4) is 0 Å². The normalized spacial score (nSPS) is 17.1. The van der Waals surface area contributed by atoms with Crippen LogP contribution in [0.25, 0.3) is 32.5 Å². The molecule has 0 saturated carbocycles. The number of aromatic amines is 1. The van der Waals surface area contributed by atoms with Gasteiger partial charge in [-0.15, -0.1) is 11.3 Å². The summed E-state index contributed by atoms with van der Waals surface area (Å²) in [7, 11) is 0. The number of hydrogen-bond acceptors (Lipinski definition) is 8. The second kappa shape index (κ2) is 7.47. The molecule has 6 rings (SSSR count). The molecule has 158 valence electrons. The molecular weight excluding hydrogens is 416 g/mol. The van der Waals surface area contributed by atoms with E-state index in [9.17, 15) is 4.79 Å². The maximum Gasteiger partial charge on any atom is 0.410 e. The molecule has 0 bridgehead atoms. The number of anilines is 1. The quantitative estimate of drug-likeness (QED) is 0.525. The first-order chi connectivity index (χ1) is 15.3. The Bertz CT molecular complexity index is 1280. The van der Waals surface area contributed by atoms with Crippen molar-refractivity contribution in [2.75, 3.05) is 44.4 Å². The molecule has 1 amide bonds. The Hall–Kier alpha value is -3.24. The summed E-state index contributed by atoms with van der Waals surface area (Å²) in [5.74, 6) is 1.59. The van der Waals surface area contributed by atoms with Gasteiger partial charge in [0.05, 0.1) is 48.2 Å². The van der Waals surface area contributed by atoms with Gasteiger partial charge in [-0.05, 0) is 12.1 Å². The van der Waals surface area contributed by atoms with E-state index in [1.165, 1.54) is 0 Å². The van der Waals surface area contributed by atoms with E-state index >= 15 is 0 Å². The first-order valence-electron chi connectivity index (χ1n) is 10.2. The standard InChI is InChI=1S/C21H20N6O3S/c28-21-27(6-9-30-21)12-13-10-17-18(31-13)20(26-4-7-29-8-5-26)24-19(23-17)14-2-1-3-16-15(14)11-22-25-16/h1-3,10-11H,4-9,12H2,(H,22,25). The number of fused-ring (bicyclic) bond motifs is 2. The maximum absolute atomic E-state index is 11.9. The molecule has 0 radical (unpaired) electrons. The van der Waals surface area contributed by atoms with Crippen molar-refractivity contribution in [3.05, 3.63) is 35.3 Å². The highest BCUT2D eigenvalue weighted by Gasteiger charge is 2.25. The largest absolute Gasteiger partial charge is 0.448 e. The van der Waals surface area contributed by atoms with Crippen molar-refractivity contribution in [1.29, 1.82) is 0 Å². The highest BCUT2D eigenvalue weighted by molar-refractivity contribution is 7.19. The Morgan fingerprint density at radius 1 is 1.13 bits per heavy atom. The van der Waals surface area contributed by atoms with Crippen molar-refractivity contribution in [1.82, 2.24) is 25.1 Å². The Morgan fingerprint density at radius 3 is 2.87 bits per heavy atom. The van der Waals surface area contributed by atoms with Gasteiger partial charge in [0.1, 0.15) is 6.61 Å². The number of rotatable bonds is 4. The molecule has 0 aliphatic carbocycles. The summed E-state index contributed by atoms with van der Waals surface area (Å²) in [6.07, 6.45) is 1.55. The maximum atomic E-state index is 11.9. The molecule has 2 aliphatic rings. The minimum atomic E-state index is -0.260. The Kier molecular flexibility index (Phi) is 4.46. The molecule has 3 aromatic heterocycles. The summed E-state index contributed by atoms with van der Waals surface area (Å²) < 4.78 is 11.7. The van der Waals surface area contributed by atoms with Gasteiger partial charge in [0.25, 0.3) is 0 Å². The van der Waals surface area contributed by atoms with Crippen LogP contribution in [0.1, 0.15) is 4.88 Å². The third-order valence-electron chi connectivity index (χ3n) is 5.63. The molecular formula is C21H20N6O3S. The van der Waals surface area contributed by atoms with Crippen LogP contribution < -0.4 is 4.90 Å². The van der Waals surface area contributed by atoms with Crippen LogP contribution in [0.2, 0.25) is 0 Å². The number of carbonyl (C=O) groups is 1. The van der Waals surface area contributed by atoms with E-state index in [1.54, 1.807) is 16.2 Å². The summed E-state index contributed by atoms with van der Waals surface area (Å²) in [5.41, 5.74) is 2.78. The van der Waals surface area contributed by atoms with Crippen LogP contribution in [0.5, 0.6) is 0 Å². The van der Waals surface area contributed by atoms with Crippen LogP contribution in [0.15, 0.2) is 30.5 Å². The van der Waals surface area contributed by atoms with Crippen molar-refractivity contribution in [2.45, 2.75) is 6.54 Å². The second-order valence-electron chi connectivity index (χ2n) is 7.57. The van der Waals surface area contributed by atoms with E-state index in [1.807, 2.05) is 24.4 Å². The van der Waals surface area contributed by atoms with E-state index < -0.39 is 0 Å². The number of morpholine rings is 1. The number of carbonyl (C=O) groups excluding carboxylic acids is 1. The topological polar surface area (TPSA) is 96.5 Å². The molecule has 1 aromatic carbocycles. The number of cyclic esters (lactones) is 1. The SMILES string of the molecule is O=C1OCCN1Cc1cc2nc(-c3cccc4[nH]ncc34)nc(N3CCOCC3)c2s1. The minimum absolute atomic E-state index is 0.260. The number of H-pyrrole nitrogens is 1. The molecule has 0 unspecified atom stereocenters. The highest BCUT2D eigenvalue weighted by Crippen LogP contribution is 2.36. The third-order valence-corrected chi connectivity index (χ3v) is 6.74. The van der Waals surface area contributed by atoms with Crippen molar-refractivity contribution in [3.8, 4) is 11.4 Å². The van der Waals surface area contributed by atoms with Crippen molar-refractivity contribution >= 4 is 44.4 Å². The lowest BCUT2D eigenvalue weighted by Crippen LogP contribution is -2.36. The van der Waals surface area contributed by atoms with E-state index in [2.05, 4.69) is 21.2 Å². The Labute approximate surface area is 181 Å². The summed E-state index contributed by atoms with van der Waals surface area (Å²) in [5, 5.41) is 8.18. The molecule has 2 aliphatic heterocycles. The fourth-order valence-corrected chi connectivity index (χ4v) is 5.20. The highest BCUT2D eigenvalue weighted by atomic mass is 32.1. The van der Waals surface area contributed by atoms with Gasteiger partial charge in [-0.3, -0.25) is 10.00 Å². The number of aromatic nitrogens is 4. The zero-order chi connectivity index (χ0) is 20.8. The van der Waals surface area contributed by atoms with Gasteiger partial charge in [-0.1, -0.05) is 12.1 Å². The molecule has 10 heteroatoms. The fourth-order valence-electron chi connectivity index (χ4n) is 4.07. The van der Waals surface area contributed by atoms with Gasteiger partial charge >= 0.3 is 6.09 Å². The average molecular weight is 436 g/mol. The van der Waals surface area contributed by atoms with Crippen LogP contribution in [0, 0.1) is 0 Å². The molecule has 2 fully saturated rings. The van der Waals surface area contributed by atoms with Gasteiger partial charge in [0.15, 0.2) is 11.6 Å². The number of hydrogen-bond donors (Lipinski definition) is 1. The molecule has 5 heterocycles. The van der Waals surface area contributed by atoms with Gasteiger partial charge in [0, 0.05) is 28.9 Å². The minimum Gasteiger partial charge on any atom is -0.448 e. The number of nitrogens with one attached hydrogen (secondary N) is 1. The van der Waals surface area contributed by atoms with Gasteiger partial charge < -0.3 is 14.4 Å². The Balaban J connectivity index is 1.48. The number of nitrogens with zero attached hydrogens (tertiary/aromatic N) is 5. The molecule has 9 nitrogen and oxygen atoms in total. The van der Waals surface area contributed by atoms with Gasteiger partial charge in [-0.25, -0.2) is 14.8 Å². The number of thiophene rings is 1. The number of benzene rings is 1. The molecule has 4 aromatic rings.